The van der Waals surface area contributed by atoms with Crippen LogP contribution >= 0.6 is 0 Å². The van der Waals surface area contributed by atoms with Crippen LogP contribution < -0.4 is 5.32 Å². The summed E-state index contributed by atoms with van der Waals surface area (Å²) in [5, 5.41) is 2.96. The lowest BCUT2D eigenvalue weighted by Crippen LogP contribution is -2.33. The van der Waals surface area contributed by atoms with Crippen LogP contribution in [0.2, 0.25) is 0 Å². The first-order chi connectivity index (χ1) is 5.08. The average molecular weight is 165 g/mol. The van der Waals surface area contributed by atoms with Crippen molar-refractivity contribution in [2.24, 2.45) is 0 Å². The Bertz CT molecular complexity index is 154. The Morgan fingerprint density at radius 3 is 2.36 bits per heavy atom. The molecular weight excluding hydrogens is 155 g/mol. The molecule has 0 amide bonds. The van der Waals surface area contributed by atoms with Crippen molar-refractivity contribution in [1.82, 2.24) is 5.32 Å². The first-order valence-corrected chi connectivity index (χ1v) is 3.53. The summed E-state index contributed by atoms with van der Waals surface area (Å²) in [6.07, 6.45) is -2.91. The van der Waals surface area contributed by atoms with Crippen molar-refractivity contribution in [3.8, 4) is 0 Å². The molecule has 11 heavy (non-hydrogen) atoms. The minimum Gasteiger partial charge on any atom is -0.309 e. The van der Waals surface area contributed by atoms with Gasteiger partial charge in [0.1, 0.15) is 0 Å². The Balaban J connectivity index is 2.12. The van der Waals surface area contributed by atoms with Gasteiger partial charge < -0.3 is 5.32 Å². The second-order valence-electron chi connectivity index (χ2n) is 2.62. The fourth-order valence-electron chi connectivity index (χ4n) is 0.854. The molecule has 0 aromatic carbocycles. The lowest BCUT2D eigenvalue weighted by molar-refractivity contribution is -0.133. The Hall–Kier alpha value is -0.510. The lowest BCUT2D eigenvalue weighted by atomic mass is 10.1. The van der Waals surface area contributed by atoms with Gasteiger partial charge in [-0.3, -0.25) is 0 Å². The van der Waals surface area contributed by atoms with E-state index >= 15 is 0 Å². The first-order valence-electron chi connectivity index (χ1n) is 3.53. The Morgan fingerprint density at radius 1 is 1.36 bits per heavy atom. The normalized spacial score (nSPS) is 17.9. The molecule has 0 atom stereocenters. The third kappa shape index (κ3) is 3.41. The minimum absolute atomic E-state index is 0.126. The van der Waals surface area contributed by atoms with E-state index in [9.17, 15) is 13.2 Å². The van der Waals surface area contributed by atoms with Gasteiger partial charge in [0.2, 0.25) is 0 Å². The summed E-state index contributed by atoms with van der Waals surface area (Å²) in [5.74, 6) is 0. The van der Waals surface area contributed by atoms with Gasteiger partial charge in [-0.25, -0.2) is 0 Å². The number of alkyl halides is 3. The number of hydrogen-bond acceptors (Lipinski definition) is 1. The van der Waals surface area contributed by atoms with Gasteiger partial charge in [0.25, 0.3) is 0 Å². The molecule has 1 aliphatic rings. The minimum atomic E-state index is -4.01. The molecule has 0 aromatic rings. The van der Waals surface area contributed by atoms with E-state index in [0.29, 0.717) is 0 Å². The summed E-state index contributed by atoms with van der Waals surface area (Å²) >= 11 is 0. The van der Waals surface area contributed by atoms with Crippen LogP contribution in [0.25, 0.3) is 0 Å². The van der Waals surface area contributed by atoms with E-state index in [2.05, 4.69) is 5.32 Å². The monoisotopic (exact) mass is 165 g/mol. The van der Waals surface area contributed by atoms with Crippen molar-refractivity contribution in [3.63, 3.8) is 0 Å². The number of hydrogen-bond donors (Lipinski definition) is 1. The molecule has 1 heterocycles. The number of rotatable bonds is 2. The van der Waals surface area contributed by atoms with Crippen LogP contribution in [0, 0.1) is 0 Å². The van der Waals surface area contributed by atoms with Gasteiger partial charge in [-0.1, -0.05) is 6.08 Å². The summed E-state index contributed by atoms with van der Waals surface area (Å²) in [6.45, 7) is 1.52. The zero-order valence-corrected chi connectivity index (χ0v) is 6.04. The highest BCUT2D eigenvalue weighted by Crippen LogP contribution is 2.22. The van der Waals surface area contributed by atoms with Crippen LogP contribution in [0.1, 0.15) is 12.8 Å². The molecule has 64 valence electrons. The fourth-order valence-corrected chi connectivity index (χ4v) is 0.854. The largest absolute Gasteiger partial charge is 0.389 e. The van der Waals surface area contributed by atoms with E-state index in [1.807, 2.05) is 0 Å². The van der Waals surface area contributed by atoms with E-state index < -0.39 is 12.6 Å². The topological polar surface area (TPSA) is 12.0 Å². The van der Waals surface area contributed by atoms with Crippen molar-refractivity contribution in [1.29, 1.82) is 0 Å². The maximum absolute atomic E-state index is 11.6. The summed E-state index contributed by atoms with van der Waals surface area (Å²) in [6, 6.07) is 0. The maximum Gasteiger partial charge on any atom is 0.389 e. The van der Waals surface area contributed by atoms with Crippen LogP contribution in [0.5, 0.6) is 0 Å². The molecule has 1 fully saturated rings. The quantitative estimate of drug-likeness (QED) is 0.616. The molecule has 0 aromatic heterocycles. The maximum atomic E-state index is 11.6. The zero-order valence-electron chi connectivity index (χ0n) is 6.04. The van der Waals surface area contributed by atoms with Crippen molar-refractivity contribution < 1.29 is 13.2 Å². The standard InChI is InChI=1S/C7H10F3N/c8-7(9,10)3-1-2-6-4-11-5-6/h2,11H,1,3-5H2. The Morgan fingerprint density at radius 2 is 2.00 bits per heavy atom. The van der Waals surface area contributed by atoms with E-state index in [1.165, 1.54) is 0 Å². The summed E-state index contributed by atoms with van der Waals surface area (Å²) < 4.78 is 34.7. The van der Waals surface area contributed by atoms with Gasteiger partial charge in [-0.05, 0) is 12.0 Å². The second-order valence-corrected chi connectivity index (χ2v) is 2.62. The molecule has 0 unspecified atom stereocenters. The molecule has 1 rings (SSSR count). The number of halogens is 3. The molecule has 4 heteroatoms. The van der Waals surface area contributed by atoms with Crippen molar-refractivity contribution in [2.75, 3.05) is 13.1 Å². The summed E-state index contributed by atoms with van der Waals surface area (Å²) in [4.78, 5) is 0. The molecule has 0 spiro atoms. The third-order valence-electron chi connectivity index (χ3n) is 1.56. The van der Waals surface area contributed by atoms with Crippen molar-refractivity contribution >= 4 is 0 Å². The van der Waals surface area contributed by atoms with Crippen LogP contribution in [0.3, 0.4) is 0 Å². The molecular formula is C7H10F3N. The van der Waals surface area contributed by atoms with Crippen LogP contribution in [-0.2, 0) is 0 Å². The first kappa shape index (κ1) is 8.59. The van der Waals surface area contributed by atoms with E-state index in [1.54, 1.807) is 6.08 Å². The zero-order chi connectivity index (χ0) is 8.32. The van der Waals surface area contributed by atoms with E-state index in [-0.39, 0.29) is 6.42 Å². The van der Waals surface area contributed by atoms with Crippen LogP contribution in [0.15, 0.2) is 11.6 Å². The SMILES string of the molecule is FC(F)(F)CCC=C1CNC1. The van der Waals surface area contributed by atoms with Gasteiger partial charge in [0, 0.05) is 19.5 Å². The predicted octanol–water partition coefficient (Wildman–Crippen LogP) is 1.86. The molecule has 0 radical (unpaired) electrons. The molecule has 1 aliphatic heterocycles. The Kier molecular flexibility index (Phi) is 2.54. The van der Waals surface area contributed by atoms with E-state index in [0.717, 1.165) is 18.7 Å². The molecule has 1 saturated heterocycles. The van der Waals surface area contributed by atoms with Crippen LogP contribution in [-0.4, -0.2) is 19.3 Å². The summed E-state index contributed by atoms with van der Waals surface area (Å²) in [7, 11) is 0. The van der Waals surface area contributed by atoms with Crippen molar-refractivity contribution in [3.05, 3.63) is 11.6 Å². The smallest absolute Gasteiger partial charge is 0.309 e. The molecule has 0 saturated carbocycles. The van der Waals surface area contributed by atoms with Gasteiger partial charge in [0.15, 0.2) is 0 Å². The summed E-state index contributed by atoms with van der Waals surface area (Å²) in [5.41, 5.74) is 1.09. The molecule has 1 N–H and O–H groups in total. The highest BCUT2D eigenvalue weighted by molar-refractivity contribution is 5.13. The molecule has 0 aliphatic carbocycles. The van der Waals surface area contributed by atoms with E-state index in [4.69, 9.17) is 0 Å². The van der Waals surface area contributed by atoms with Gasteiger partial charge in [-0.2, -0.15) is 13.2 Å². The second kappa shape index (κ2) is 3.26. The third-order valence-corrected chi connectivity index (χ3v) is 1.56. The average Bonchev–Trinajstić information content (AvgIpc) is 1.73. The highest BCUT2D eigenvalue weighted by atomic mass is 19.4. The number of allylic oxidation sites excluding steroid dienone is 1. The molecule has 1 nitrogen and oxygen atoms in total. The highest BCUT2D eigenvalue weighted by Gasteiger charge is 2.25. The van der Waals surface area contributed by atoms with Gasteiger partial charge in [-0.15, -0.1) is 0 Å². The van der Waals surface area contributed by atoms with Crippen molar-refractivity contribution in [2.45, 2.75) is 19.0 Å². The molecule has 0 bridgehead atoms. The van der Waals surface area contributed by atoms with Crippen LogP contribution in [0.4, 0.5) is 13.2 Å². The Labute approximate surface area is 63.3 Å². The van der Waals surface area contributed by atoms with Gasteiger partial charge in [0.05, 0.1) is 0 Å². The number of nitrogens with one attached hydrogen (secondary N) is 1. The van der Waals surface area contributed by atoms with Gasteiger partial charge >= 0.3 is 6.18 Å². The lowest BCUT2D eigenvalue weighted by Gasteiger charge is -2.18. The fraction of sp³-hybridized carbons (Fsp3) is 0.714. The predicted molar refractivity (Wildman–Crippen MR) is 36.2 cm³/mol.